The normalized spacial score (nSPS) is 20.5. The molecule has 1 unspecified atom stereocenters. The van der Waals surface area contributed by atoms with Gasteiger partial charge in [-0.3, -0.25) is 4.79 Å². The van der Waals surface area contributed by atoms with Crippen molar-refractivity contribution in [2.45, 2.75) is 30.3 Å². The number of ether oxygens (including phenoxy) is 1. The first-order valence-corrected chi connectivity index (χ1v) is 10.1. The van der Waals surface area contributed by atoms with Crippen LogP contribution >= 0.6 is 0 Å². The SMILES string of the molecule is O=C1Cc2cc(S(=O)(=O)N3CCCC(Oc4ccccc4)C3)ccc2N1. The zero-order valence-electron chi connectivity index (χ0n) is 14.2. The number of piperidine rings is 1. The number of amides is 1. The molecular formula is C19H20N2O4S. The van der Waals surface area contributed by atoms with Gasteiger partial charge < -0.3 is 10.1 Å². The van der Waals surface area contributed by atoms with Gasteiger partial charge in [-0.25, -0.2) is 8.42 Å². The third kappa shape index (κ3) is 3.32. The molecule has 1 amide bonds. The number of carbonyl (C=O) groups excluding carboxylic acids is 1. The van der Waals surface area contributed by atoms with E-state index in [1.165, 1.54) is 4.31 Å². The van der Waals surface area contributed by atoms with Crippen LogP contribution in [0.15, 0.2) is 53.4 Å². The molecule has 2 aliphatic heterocycles. The smallest absolute Gasteiger partial charge is 0.243 e. The highest BCUT2D eigenvalue weighted by Gasteiger charge is 2.32. The van der Waals surface area contributed by atoms with Gasteiger partial charge in [0.1, 0.15) is 11.9 Å². The van der Waals surface area contributed by atoms with Crippen LogP contribution in [0, 0.1) is 0 Å². The molecule has 0 spiro atoms. The van der Waals surface area contributed by atoms with E-state index in [9.17, 15) is 13.2 Å². The van der Waals surface area contributed by atoms with Crippen LogP contribution in [0.25, 0.3) is 0 Å². The van der Waals surface area contributed by atoms with Crippen LogP contribution in [0.2, 0.25) is 0 Å². The maximum Gasteiger partial charge on any atom is 0.243 e. The minimum absolute atomic E-state index is 0.108. The number of hydrogen-bond acceptors (Lipinski definition) is 4. The fourth-order valence-electron chi connectivity index (χ4n) is 3.43. The van der Waals surface area contributed by atoms with Crippen molar-refractivity contribution in [3.05, 3.63) is 54.1 Å². The highest BCUT2D eigenvalue weighted by molar-refractivity contribution is 7.89. The maximum absolute atomic E-state index is 13.0. The number of sulfonamides is 1. The molecule has 4 rings (SSSR count). The quantitative estimate of drug-likeness (QED) is 0.894. The lowest BCUT2D eigenvalue weighted by Gasteiger charge is -2.32. The monoisotopic (exact) mass is 372 g/mol. The van der Waals surface area contributed by atoms with E-state index in [0.29, 0.717) is 18.8 Å². The van der Waals surface area contributed by atoms with E-state index in [1.54, 1.807) is 18.2 Å². The van der Waals surface area contributed by atoms with E-state index < -0.39 is 10.0 Å². The lowest BCUT2D eigenvalue weighted by atomic mass is 10.1. The van der Waals surface area contributed by atoms with Crippen LogP contribution in [0.1, 0.15) is 18.4 Å². The molecule has 0 saturated carbocycles. The van der Waals surface area contributed by atoms with Crippen LogP contribution in [0.4, 0.5) is 5.69 Å². The second-order valence-corrected chi connectivity index (χ2v) is 8.54. The molecule has 136 valence electrons. The zero-order chi connectivity index (χ0) is 18.1. The fraction of sp³-hybridized carbons (Fsp3) is 0.316. The Labute approximate surface area is 152 Å². The summed E-state index contributed by atoms with van der Waals surface area (Å²) in [4.78, 5) is 11.7. The average Bonchev–Trinajstić information content (AvgIpc) is 3.02. The summed E-state index contributed by atoms with van der Waals surface area (Å²) in [6.45, 7) is 0.802. The second-order valence-electron chi connectivity index (χ2n) is 6.60. The molecule has 0 radical (unpaired) electrons. The molecule has 2 aromatic rings. The minimum atomic E-state index is -3.61. The topological polar surface area (TPSA) is 75.7 Å². The van der Waals surface area contributed by atoms with E-state index in [-0.39, 0.29) is 23.3 Å². The number of nitrogens with one attached hydrogen (secondary N) is 1. The molecule has 1 atom stereocenters. The molecule has 7 heteroatoms. The Kier molecular flexibility index (Phi) is 4.42. The van der Waals surface area contributed by atoms with Crippen LogP contribution in [0.3, 0.4) is 0 Å². The summed E-state index contributed by atoms with van der Waals surface area (Å²) in [5, 5.41) is 2.72. The predicted molar refractivity (Wildman–Crippen MR) is 97.6 cm³/mol. The van der Waals surface area contributed by atoms with Gasteiger partial charge in [0.05, 0.1) is 17.9 Å². The van der Waals surface area contributed by atoms with Crippen LogP contribution in [0.5, 0.6) is 5.75 Å². The summed E-state index contributed by atoms with van der Waals surface area (Å²) in [6, 6.07) is 14.3. The van der Waals surface area contributed by atoms with E-state index in [0.717, 1.165) is 24.2 Å². The first kappa shape index (κ1) is 17.1. The molecule has 0 aliphatic carbocycles. The van der Waals surface area contributed by atoms with Gasteiger partial charge in [-0.05, 0) is 48.7 Å². The summed E-state index contributed by atoms with van der Waals surface area (Å²) >= 11 is 0. The van der Waals surface area contributed by atoms with Crippen molar-refractivity contribution in [1.29, 1.82) is 0 Å². The average molecular weight is 372 g/mol. The van der Waals surface area contributed by atoms with Gasteiger partial charge >= 0.3 is 0 Å². The van der Waals surface area contributed by atoms with Gasteiger partial charge in [0.2, 0.25) is 15.9 Å². The van der Waals surface area contributed by atoms with Crippen molar-refractivity contribution in [2.75, 3.05) is 18.4 Å². The number of rotatable bonds is 4. The molecule has 1 N–H and O–H groups in total. The first-order chi connectivity index (χ1) is 12.5. The van der Waals surface area contributed by atoms with Gasteiger partial charge in [0.25, 0.3) is 0 Å². The Morgan fingerprint density at radius 2 is 1.92 bits per heavy atom. The maximum atomic E-state index is 13.0. The Bertz CT molecular complexity index is 928. The minimum Gasteiger partial charge on any atom is -0.489 e. The third-order valence-electron chi connectivity index (χ3n) is 4.73. The fourth-order valence-corrected chi connectivity index (χ4v) is 4.99. The van der Waals surface area contributed by atoms with Crippen molar-refractivity contribution in [3.63, 3.8) is 0 Å². The Morgan fingerprint density at radius 3 is 2.73 bits per heavy atom. The van der Waals surface area contributed by atoms with Crippen LogP contribution < -0.4 is 10.1 Å². The molecule has 26 heavy (non-hydrogen) atoms. The molecule has 1 saturated heterocycles. The largest absolute Gasteiger partial charge is 0.489 e. The molecule has 2 heterocycles. The third-order valence-corrected chi connectivity index (χ3v) is 6.59. The van der Waals surface area contributed by atoms with Gasteiger partial charge in [-0.2, -0.15) is 4.31 Å². The van der Waals surface area contributed by atoms with Crippen molar-refractivity contribution in [2.24, 2.45) is 0 Å². The number of benzene rings is 2. The predicted octanol–water partition coefficient (Wildman–Crippen LogP) is 2.41. The molecule has 1 fully saturated rings. The van der Waals surface area contributed by atoms with Gasteiger partial charge in [-0.1, -0.05) is 18.2 Å². The molecule has 2 aromatic carbocycles. The Balaban J connectivity index is 1.52. The number of carbonyl (C=O) groups is 1. The summed E-state index contributed by atoms with van der Waals surface area (Å²) in [7, 11) is -3.61. The lowest BCUT2D eigenvalue weighted by Crippen LogP contribution is -2.44. The summed E-state index contributed by atoms with van der Waals surface area (Å²) < 4.78 is 33.5. The highest BCUT2D eigenvalue weighted by atomic mass is 32.2. The number of fused-ring (bicyclic) bond motifs is 1. The Morgan fingerprint density at radius 1 is 1.12 bits per heavy atom. The van der Waals surface area contributed by atoms with Gasteiger partial charge in [0, 0.05) is 12.2 Å². The van der Waals surface area contributed by atoms with Crippen molar-refractivity contribution >= 4 is 21.6 Å². The Hall–Kier alpha value is -2.38. The zero-order valence-corrected chi connectivity index (χ0v) is 15.0. The summed E-state index contributed by atoms with van der Waals surface area (Å²) in [5.74, 6) is 0.641. The van der Waals surface area contributed by atoms with Gasteiger partial charge in [0.15, 0.2) is 0 Å². The number of nitrogens with zero attached hydrogens (tertiary/aromatic N) is 1. The molecule has 0 bridgehead atoms. The summed E-state index contributed by atoms with van der Waals surface area (Å²) in [5.41, 5.74) is 1.42. The lowest BCUT2D eigenvalue weighted by molar-refractivity contribution is -0.115. The molecule has 6 nitrogen and oxygen atoms in total. The van der Waals surface area contributed by atoms with E-state index in [4.69, 9.17) is 4.74 Å². The van der Waals surface area contributed by atoms with Crippen molar-refractivity contribution < 1.29 is 17.9 Å². The summed E-state index contributed by atoms with van der Waals surface area (Å²) in [6.07, 6.45) is 1.63. The number of para-hydroxylation sites is 1. The molecule has 2 aliphatic rings. The van der Waals surface area contributed by atoms with Crippen molar-refractivity contribution in [1.82, 2.24) is 4.31 Å². The number of anilines is 1. The van der Waals surface area contributed by atoms with E-state index in [2.05, 4.69) is 5.32 Å². The highest BCUT2D eigenvalue weighted by Crippen LogP contribution is 2.29. The van der Waals surface area contributed by atoms with E-state index in [1.807, 2.05) is 30.3 Å². The van der Waals surface area contributed by atoms with Crippen molar-refractivity contribution in [3.8, 4) is 5.75 Å². The number of hydrogen-bond donors (Lipinski definition) is 1. The standard InChI is InChI=1S/C19H20N2O4S/c22-19-12-14-11-17(8-9-18(14)20-19)26(23,24)21-10-4-7-16(13-21)25-15-5-2-1-3-6-15/h1-3,5-6,8-9,11,16H,4,7,10,12-13H2,(H,20,22). The first-order valence-electron chi connectivity index (χ1n) is 8.67. The van der Waals surface area contributed by atoms with Gasteiger partial charge in [-0.15, -0.1) is 0 Å². The van der Waals surface area contributed by atoms with Crippen LogP contribution in [-0.4, -0.2) is 37.8 Å². The molecular weight excluding hydrogens is 352 g/mol. The van der Waals surface area contributed by atoms with Crippen LogP contribution in [-0.2, 0) is 21.2 Å². The second kappa shape index (κ2) is 6.74. The van der Waals surface area contributed by atoms with E-state index >= 15 is 0 Å². The molecule has 0 aromatic heterocycles.